The molecule has 0 spiro atoms. The number of anilines is 1. The fourth-order valence-corrected chi connectivity index (χ4v) is 1.59. The van der Waals surface area contributed by atoms with Crippen molar-refractivity contribution in [2.75, 3.05) is 4.90 Å². The summed E-state index contributed by atoms with van der Waals surface area (Å²) in [6, 6.07) is 6.67. The first-order valence-electron chi connectivity index (χ1n) is 4.83. The van der Waals surface area contributed by atoms with E-state index in [2.05, 4.69) is 0 Å². The molecular weight excluding hydrogens is 210 g/mol. The largest absolute Gasteiger partial charge is 0.380 e. The molecule has 5 heteroatoms. The molecule has 1 aliphatic rings. The first-order valence-corrected chi connectivity index (χ1v) is 4.83. The predicted octanol–water partition coefficient (Wildman–Crippen LogP) is -0.410. The van der Waals surface area contributed by atoms with Crippen LogP contribution in [0.15, 0.2) is 24.3 Å². The molecule has 0 aromatic heterocycles. The Labute approximate surface area is 91.9 Å². The van der Waals surface area contributed by atoms with Crippen molar-refractivity contribution in [1.82, 2.24) is 0 Å². The van der Waals surface area contributed by atoms with Crippen molar-refractivity contribution in [3.05, 3.63) is 29.8 Å². The summed E-state index contributed by atoms with van der Waals surface area (Å²) in [7, 11) is 0. The molecule has 1 fully saturated rings. The highest BCUT2D eigenvalue weighted by Gasteiger charge is 2.46. The molecule has 0 aliphatic carbocycles. The Morgan fingerprint density at radius 3 is 1.88 bits per heavy atom. The summed E-state index contributed by atoms with van der Waals surface area (Å²) in [5.74, 6) is -1.58. The molecule has 1 saturated heterocycles. The third-order valence-electron chi connectivity index (χ3n) is 2.54. The maximum Gasteiger partial charge on any atom is 0.265 e. The molecule has 0 unspecified atom stereocenters. The van der Waals surface area contributed by atoms with E-state index in [0.29, 0.717) is 5.69 Å². The van der Waals surface area contributed by atoms with E-state index in [1.54, 1.807) is 24.3 Å². The van der Waals surface area contributed by atoms with E-state index >= 15 is 0 Å². The van der Waals surface area contributed by atoms with Gasteiger partial charge in [-0.15, -0.1) is 0 Å². The van der Waals surface area contributed by atoms with Gasteiger partial charge in [-0.25, -0.2) is 4.90 Å². The maximum absolute atomic E-state index is 11.5. The molecule has 0 radical (unpaired) electrons. The number of amides is 2. The van der Waals surface area contributed by atoms with Gasteiger partial charge in [-0.1, -0.05) is 17.7 Å². The van der Waals surface area contributed by atoms with Crippen molar-refractivity contribution in [3.63, 3.8) is 0 Å². The normalized spacial score (nSPS) is 25.3. The molecule has 1 aromatic carbocycles. The van der Waals surface area contributed by atoms with Gasteiger partial charge in [-0.3, -0.25) is 9.59 Å². The molecule has 2 atom stereocenters. The van der Waals surface area contributed by atoms with Gasteiger partial charge in [0, 0.05) is 0 Å². The van der Waals surface area contributed by atoms with Crippen LogP contribution in [0.4, 0.5) is 5.69 Å². The van der Waals surface area contributed by atoms with Crippen LogP contribution in [0.1, 0.15) is 5.56 Å². The number of imide groups is 1. The third-order valence-corrected chi connectivity index (χ3v) is 2.54. The van der Waals surface area contributed by atoms with Crippen LogP contribution in [0.5, 0.6) is 0 Å². The molecule has 0 bridgehead atoms. The SMILES string of the molecule is Cc1ccc(N2C(=O)[C@@H](O)[C@H](O)C2=O)cc1. The summed E-state index contributed by atoms with van der Waals surface area (Å²) in [6.07, 6.45) is -3.32. The van der Waals surface area contributed by atoms with E-state index in [9.17, 15) is 19.8 Å². The number of aryl methyl sites for hydroxylation is 1. The average Bonchev–Trinajstić information content (AvgIpc) is 2.46. The molecule has 1 aromatic rings. The summed E-state index contributed by atoms with van der Waals surface area (Å²) < 4.78 is 0. The topological polar surface area (TPSA) is 77.8 Å². The van der Waals surface area contributed by atoms with Crippen LogP contribution in [0, 0.1) is 6.92 Å². The number of aliphatic hydroxyl groups excluding tert-OH is 2. The second kappa shape index (κ2) is 3.70. The standard InChI is InChI=1S/C11H11NO4/c1-6-2-4-7(5-3-6)12-10(15)8(13)9(14)11(12)16/h2-5,8-9,13-14H,1H3/t8-,9-/m0/s1. The van der Waals surface area contributed by atoms with Crippen LogP contribution in [0.3, 0.4) is 0 Å². The molecule has 0 saturated carbocycles. The summed E-state index contributed by atoms with van der Waals surface area (Å²) in [5.41, 5.74) is 1.35. The van der Waals surface area contributed by atoms with Gasteiger partial charge in [-0.05, 0) is 19.1 Å². The van der Waals surface area contributed by atoms with Crippen LogP contribution < -0.4 is 4.90 Å². The zero-order valence-electron chi connectivity index (χ0n) is 8.62. The number of hydrogen-bond donors (Lipinski definition) is 2. The Balaban J connectivity index is 2.38. The Kier molecular flexibility index (Phi) is 2.49. The lowest BCUT2D eigenvalue weighted by atomic mass is 10.2. The first-order chi connectivity index (χ1) is 7.52. The Bertz CT molecular complexity index is 420. The van der Waals surface area contributed by atoms with Crippen LogP contribution in [-0.4, -0.2) is 34.2 Å². The van der Waals surface area contributed by atoms with Crippen molar-refractivity contribution in [1.29, 1.82) is 0 Å². The second-order valence-corrected chi connectivity index (χ2v) is 3.74. The number of carbonyl (C=O) groups excluding carboxylic acids is 2. The van der Waals surface area contributed by atoms with Gasteiger partial charge in [0.15, 0.2) is 12.2 Å². The molecule has 84 valence electrons. The highest BCUT2D eigenvalue weighted by molar-refractivity contribution is 6.24. The summed E-state index contributed by atoms with van der Waals surface area (Å²) >= 11 is 0. The zero-order valence-corrected chi connectivity index (χ0v) is 8.62. The Morgan fingerprint density at radius 1 is 1.00 bits per heavy atom. The van der Waals surface area contributed by atoms with Gasteiger partial charge in [0.05, 0.1) is 5.69 Å². The molecule has 5 nitrogen and oxygen atoms in total. The molecule has 2 N–H and O–H groups in total. The minimum absolute atomic E-state index is 0.358. The lowest BCUT2D eigenvalue weighted by molar-refractivity contribution is -0.129. The Morgan fingerprint density at radius 2 is 1.44 bits per heavy atom. The number of rotatable bonds is 1. The van der Waals surface area contributed by atoms with Crippen LogP contribution in [0.25, 0.3) is 0 Å². The van der Waals surface area contributed by atoms with Gasteiger partial charge >= 0.3 is 0 Å². The first kappa shape index (κ1) is 10.8. The van der Waals surface area contributed by atoms with Crippen molar-refractivity contribution >= 4 is 17.5 Å². The minimum atomic E-state index is -1.66. The smallest absolute Gasteiger partial charge is 0.265 e. The number of carbonyl (C=O) groups is 2. The number of hydrogen-bond acceptors (Lipinski definition) is 4. The molecule has 1 heterocycles. The van der Waals surface area contributed by atoms with Crippen molar-refractivity contribution in [3.8, 4) is 0 Å². The highest BCUT2D eigenvalue weighted by Crippen LogP contribution is 2.23. The predicted molar refractivity (Wildman–Crippen MR) is 55.7 cm³/mol. The van der Waals surface area contributed by atoms with Gasteiger partial charge < -0.3 is 10.2 Å². The zero-order chi connectivity index (χ0) is 11.9. The quantitative estimate of drug-likeness (QED) is 0.632. The van der Waals surface area contributed by atoms with Crippen molar-refractivity contribution in [2.24, 2.45) is 0 Å². The number of aliphatic hydroxyl groups is 2. The second-order valence-electron chi connectivity index (χ2n) is 3.74. The van der Waals surface area contributed by atoms with E-state index in [-0.39, 0.29) is 0 Å². The Hall–Kier alpha value is -1.72. The maximum atomic E-state index is 11.5. The third kappa shape index (κ3) is 1.50. The van der Waals surface area contributed by atoms with E-state index < -0.39 is 24.0 Å². The van der Waals surface area contributed by atoms with Crippen LogP contribution in [0.2, 0.25) is 0 Å². The van der Waals surface area contributed by atoms with Gasteiger partial charge in [0.1, 0.15) is 0 Å². The molecular formula is C11H11NO4. The molecule has 2 rings (SSSR count). The fraction of sp³-hybridized carbons (Fsp3) is 0.273. The van der Waals surface area contributed by atoms with E-state index in [0.717, 1.165) is 10.5 Å². The average molecular weight is 221 g/mol. The van der Waals surface area contributed by atoms with Crippen molar-refractivity contribution < 1.29 is 19.8 Å². The van der Waals surface area contributed by atoms with Gasteiger partial charge in [0.25, 0.3) is 11.8 Å². The van der Waals surface area contributed by atoms with E-state index in [1.807, 2.05) is 6.92 Å². The van der Waals surface area contributed by atoms with Gasteiger partial charge in [-0.2, -0.15) is 0 Å². The number of nitrogens with zero attached hydrogens (tertiary/aromatic N) is 1. The summed E-state index contributed by atoms with van der Waals surface area (Å²) in [6.45, 7) is 1.88. The van der Waals surface area contributed by atoms with E-state index in [1.165, 1.54) is 0 Å². The van der Waals surface area contributed by atoms with Crippen molar-refractivity contribution in [2.45, 2.75) is 19.1 Å². The molecule has 16 heavy (non-hydrogen) atoms. The monoisotopic (exact) mass is 221 g/mol. The van der Waals surface area contributed by atoms with Crippen LogP contribution in [-0.2, 0) is 9.59 Å². The summed E-state index contributed by atoms with van der Waals surface area (Å²) in [5, 5.41) is 18.5. The lowest BCUT2D eigenvalue weighted by Crippen LogP contribution is -2.31. The molecule has 1 aliphatic heterocycles. The lowest BCUT2D eigenvalue weighted by Gasteiger charge is -2.13. The van der Waals surface area contributed by atoms with Gasteiger partial charge in [0.2, 0.25) is 0 Å². The number of benzene rings is 1. The van der Waals surface area contributed by atoms with Crippen LogP contribution >= 0.6 is 0 Å². The summed E-state index contributed by atoms with van der Waals surface area (Å²) in [4.78, 5) is 23.8. The minimum Gasteiger partial charge on any atom is -0.380 e. The fourth-order valence-electron chi connectivity index (χ4n) is 1.59. The van der Waals surface area contributed by atoms with E-state index in [4.69, 9.17) is 0 Å². The molecule has 2 amide bonds. The highest BCUT2D eigenvalue weighted by atomic mass is 16.4.